The first kappa shape index (κ1) is 16.6. The van der Waals surface area contributed by atoms with Gasteiger partial charge in [-0.1, -0.05) is 6.08 Å². The summed E-state index contributed by atoms with van der Waals surface area (Å²) in [5.41, 5.74) is 2.74. The Bertz CT molecular complexity index is 442. The van der Waals surface area contributed by atoms with Crippen molar-refractivity contribution < 1.29 is 26.3 Å². The van der Waals surface area contributed by atoms with Crippen LogP contribution in [0.4, 0.5) is 26.3 Å². The molecule has 0 aliphatic heterocycles. The van der Waals surface area contributed by atoms with Gasteiger partial charge in [-0.15, -0.1) is 6.58 Å². The van der Waals surface area contributed by atoms with Crippen LogP contribution in [0.1, 0.15) is 35.6 Å². The van der Waals surface area contributed by atoms with Gasteiger partial charge in [-0.3, -0.25) is 0 Å². The van der Waals surface area contributed by atoms with Gasteiger partial charge in [-0.25, -0.2) is 0 Å². The SMILES string of the molecule is C=CCC[C@@H](N)c1cc(C(F)(F)F)cc(C(F)(F)F)c1. The smallest absolute Gasteiger partial charge is 0.324 e. The monoisotopic (exact) mass is 297 g/mol. The fourth-order valence-corrected chi connectivity index (χ4v) is 1.66. The number of allylic oxidation sites excluding steroid dienone is 1. The van der Waals surface area contributed by atoms with Gasteiger partial charge in [0, 0.05) is 6.04 Å². The maximum Gasteiger partial charge on any atom is 0.416 e. The van der Waals surface area contributed by atoms with Crippen LogP contribution in [0.2, 0.25) is 0 Å². The third-order valence-corrected chi connectivity index (χ3v) is 2.72. The van der Waals surface area contributed by atoms with E-state index in [1.165, 1.54) is 6.08 Å². The fraction of sp³-hybridized carbons (Fsp3) is 0.385. The second kappa shape index (κ2) is 5.87. The summed E-state index contributed by atoms with van der Waals surface area (Å²) in [6.45, 7) is 3.42. The first-order valence-electron chi connectivity index (χ1n) is 5.71. The summed E-state index contributed by atoms with van der Waals surface area (Å²) < 4.78 is 75.8. The molecule has 112 valence electrons. The van der Waals surface area contributed by atoms with E-state index in [4.69, 9.17) is 5.73 Å². The van der Waals surface area contributed by atoms with E-state index in [1.54, 1.807) is 0 Å². The Hall–Kier alpha value is -1.50. The van der Waals surface area contributed by atoms with Crippen LogP contribution in [0.5, 0.6) is 0 Å². The largest absolute Gasteiger partial charge is 0.416 e. The first-order chi connectivity index (χ1) is 9.05. The third-order valence-electron chi connectivity index (χ3n) is 2.72. The van der Waals surface area contributed by atoms with Gasteiger partial charge < -0.3 is 5.73 Å². The van der Waals surface area contributed by atoms with Gasteiger partial charge in [0.25, 0.3) is 0 Å². The maximum absolute atomic E-state index is 12.6. The molecule has 0 radical (unpaired) electrons. The van der Waals surface area contributed by atoms with E-state index >= 15 is 0 Å². The minimum Gasteiger partial charge on any atom is -0.324 e. The fourth-order valence-electron chi connectivity index (χ4n) is 1.66. The molecule has 0 aliphatic rings. The predicted octanol–water partition coefficient (Wildman–Crippen LogP) is 4.69. The maximum atomic E-state index is 12.6. The number of alkyl halides is 6. The van der Waals surface area contributed by atoms with Crippen LogP contribution < -0.4 is 5.73 Å². The molecule has 0 aliphatic carbocycles. The van der Waals surface area contributed by atoms with Crippen molar-refractivity contribution in [1.82, 2.24) is 0 Å². The van der Waals surface area contributed by atoms with E-state index in [0.29, 0.717) is 18.6 Å². The van der Waals surface area contributed by atoms with Crippen molar-refractivity contribution >= 4 is 0 Å². The number of hydrogen-bond donors (Lipinski definition) is 1. The van der Waals surface area contributed by atoms with Crippen LogP contribution in [-0.4, -0.2) is 0 Å². The Morgan fingerprint density at radius 1 is 1.00 bits per heavy atom. The van der Waals surface area contributed by atoms with E-state index in [0.717, 1.165) is 0 Å². The molecule has 1 aromatic carbocycles. The molecule has 0 bridgehead atoms. The van der Waals surface area contributed by atoms with Crippen molar-refractivity contribution in [3.05, 3.63) is 47.5 Å². The minimum atomic E-state index is -4.85. The average molecular weight is 297 g/mol. The van der Waals surface area contributed by atoms with E-state index in [-0.39, 0.29) is 18.1 Å². The number of hydrogen-bond acceptors (Lipinski definition) is 1. The Balaban J connectivity index is 3.27. The zero-order valence-corrected chi connectivity index (χ0v) is 10.4. The molecule has 0 amide bonds. The summed E-state index contributed by atoms with van der Waals surface area (Å²) in [7, 11) is 0. The highest BCUT2D eigenvalue weighted by atomic mass is 19.4. The molecule has 0 saturated heterocycles. The van der Waals surface area contributed by atoms with Crippen molar-refractivity contribution in [2.45, 2.75) is 31.2 Å². The zero-order valence-electron chi connectivity index (χ0n) is 10.4. The van der Waals surface area contributed by atoms with E-state index in [2.05, 4.69) is 6.58 Å². The number of nitrogens with two attached hydrogens (primary N) is 1. The zero-order chi connectivity index (χ0) is 15.6. The highest BCUT2D eigenvalue weighted by Gasteiger charge is 2.37. The van der Waals surface area contributed by atoms with Crippen LogP contribution in [0.15, 0.2) is 30.9 Å². The lowest BCUT2D eigenvalue weighted by Gasteiger charge is -2.17. The van der Waals surface area contributed by atoms with Crippen molar-refractivity contribution in [3.8, 4) is 0 Å². The standard InChI is InChI=1S/C13H13F6N/c1-2-3-4-11(20)8-5-9(12(14,15)16)7-10(6-8)13(17,18)19/h2,5-7,11H,1,3-4,20H2/t11-/m1/s1. The molecule has 1 atom stereocenters. The van der Waals surface area contributed by atoms with Crippen LogP contribution in [0.3, 0.4) is 0 Å². The van der Waals surface area contributed by atoms with Crippen LogP contribution in [-0.2, 0) is 12.4 Å². The van der Waals surface area contributed by atoms with E-state index in [1.807, 2.05) is 0 Å². The first-order valence-corrected chi connectivity index (χ1v) is 5.71. The summed E-state index contributed by atoms with van der Waals surface area (Å²) >= 11 is 0. The predicted molar refractivity (Wildman–Crippen MR) is 62.8 cm³/mol. The molecule has 7 heteroatoms. The lowest BCUT2D eigenvalue weighted by atomic mass is 9.97. The molecule has 0 spiro atoms. The van der Waals surface area contributed by atoms with Crippen LogP contribution in [0, 0.1) is 0 Å². The van der Waals surface area contributed by atoms with Crippen molar-refractivity contribution in [2.24, 2.45) is 5.73 Å². The molecular formula is C13H13F6N. The molecule has 0 saturated carbocycles. The van der Waals surface area contributed by atoms with Gasteiger partial charge in [0.15, 0.2) is 0 Å². The second-order valence-corrected chi connectivity index (χ2v) is 4.31. The topological polar surface area (TPSA) is 26.0 Å². The van der Waals surface area contributed by atoms with Gasteiger partial charge in [-0.2, -0.15) is 26.3 Å². The van der Waals surface area contributed by atoms with Gasteiger partial charge in [0.1, 0.15) is 0 Å². The molecule has 0 unspecified atom stereocenters. The van der Waals surface area contributed by atoms with Crippen molar-refractivity contribution in [1.29, 1.82) is 0 Å². The van der Waals surface area contributed by atoms with Crippen LogP contribution >= 0.6 is 0 Å². The van der Waals surface area contributed by atoms with Gasteiger partial charge >= 0.3 is 12.4 Å². The van der Waals surface area contributed by atoms with Crippen molar-refractivity contribution in [2.75, 3.05) is 0 Å². The molecular weight excluding hydrogens is 284 g/mol. The van der Waals surface area contributed by atoms with E-state index in [9.17, 15) is 26.3 Å². The van der Waals surface area contributed by atoms with Crippen molar-refractivity contribution in [3.63, 3.8) is 0 Å². The molecule has 0 aromatic heterocycles. The number of rotatable bonds is 4. The van der Waals surface area contributed by atoms with Gasteiger partial charge in [0.2, 0.25) is 0 Å². The van der Waals surface area contributed by atoms with Crippen LogP contribution in [0.25, 0.3) is 0 Å². The molecule has 0 heterocycles. The normalized spacial score (nSPS) is 14.2. The molecule has 0 fully saturated rings. The summed E-state index contributed by atoms with van der Waals surface area (Å²) in [5.74, 6) is 0. The Kier molecular flexibility index (Phi) is 4.86. The third kappa shape index (κ3) is 4.26. The summed E-state index contributed by atoms with van der Waals surface area (Å²) in [5, 5.41) is 0. The summed E-state index contributed by atoms with van der Waals surface area (Å²) in [6.07, 6.45) is -7.58. The lowest BCUT2D eigenvalue weighted by molar-refractivity contribution is -0.143. The van der Waals surface area contributed by atoms with E-state index < -0.39 is 29.5 Å². The average Bonchev–Trinajstić information content (AvgIpc) is 2.33. The minimum absolute atomic E-state index is 0.0870. The summed E-state index contributed by atoms with van der Waals surface area (Å²) in [6, 6.07) is 0.492. The molecule has 20 heavy (non-hydrogen) atoms. The Morgan fingerprint density at radius 2 is 1.45 bits per heavy atom. The molecule has 1 rings (SSSR count). The molecule has 1 nitrogen and oxygen atoms in total. The van der Waals surface area contributed by atoms with Gasteiger partial charge in [0.05, 0.1) is 11.1 Å². The summed E-state index contributed by atoms with van der Waals surface area (Å²) in [4.78, 5) is 0. The number of benzene rings is 1. The highest BCUT2D eigenvalue weighted by molar-refractivity contribution is 5.35. The Labute approximate surface area is 112 Å². The molecule has 1 aromatic rings. The Morgan fingerprint density at radius 3 is 1.80 bits per heavy atom. The quantitative estimate of drug-likeness (QED) is 0.633. The number of halogens is 6. The van der Waals surface area contributed by atoms with Gasteiger partial charge in [-0.05, 0) is 36.6 Å². The lowest BCUT2D eigenvalue weighted by Crippen LogP contribution is -2.16. The highest BCUT2D eigenvalue weighted by Crippen LogP contribution is 2.37. The molecule has 2 N–H and O–H groups in total. The second-order valence-electron chi connectivity index (χ2n) is 4.31.